The molecule has 6 nitrogen and oxygen atoms in total. The molecule has 4 aromatic rings. The van der Waals surface area contributed by atoms with E-state index < -0.39 is 0 Å². The van der Waals surface area contributed by atoms with Gasteiger partial charge in [0.15, 0.2) is 5.02 Å². The van der Waals surface area contributed by atoms with Crippen molar-refractivity contribution in [3.8, 4) is 22.8 Å². The third-order valence-electron chi connectivity index (χ3n) is 5.99. The van der Waals surface area contributed by atoms with Crippen molar-refractivity contribution in [2.75, 3.05) is 0 Å². The monoisotopic (exact) mass is 502 g/mol. The summed E-state index contributed by atoms with van der Waals surface area (Å²) in [4.78, 5) is 27.3. The molecule has 0 saturated heterocycles. The molecular formula is C29H31ClN4O2. The van der Waals surface area contributed by atoms with Crippen molar-refractivity contribution in [1.29, 1.82) is 0 Å². The van der Waals surface area contributed by atoms with Crippen molar-refractivity contribution in [3.63, 3.8) is 0 Å². The average Bonchev–Trinajstić information content (AvgIpc) is 2.81. The quantitative estimate of drug-likeness (QED) is 0.313. The molecule has 0 aliphatic carbocycles. The van der Waals surface area contributed by atoms with Gasteiger partial charge in [-0.1, -0.05) is 74.3 Å². The van der Waals surface area contributed by atoms with Crippen molar-refractivity contribution in [1.82, 2.24) is 19.5 Å². The average molecular weight is 503 g/mol. The van der Waals surface area contributed by atoms with Crippen molar-refractivity contribution in [2.24, 2.45) is 0 Å². The highest BCUT2D eigenvalue weighted by molar-refractivity contribution is 6.31. The lowest BCUT2D eigenvalue weighted by atomic mass is 9.95. The third-order valence-corrected chi connectivity index (χ3v) is 6.31. The zero-order chi connectivity index (χ0) is 26.2. The number of aryl methyl sites for hydroxylation is 4. The Morgan fingerprint density at radius 3 is 2.42 bits per heavy atom. The predicted molar refractivity (Wildman–Crippen MR) is 144 cm³/mol. The number of hydrogen-bond acceptors (Lipinski definition) is 5. The lowest BCUT2D eigenvalue weighted by Gasteiger charge is -2.19. The van der Waals surface area contributed by atoms with E-state index in [-0.39, 0.29) is 28.5 Å². The van der Waals surface area contributed by atoms with Crippen molar-refractivity contribution in [2.45, 2.75) is 60.5 Å². The molecule has 0 aliphatic heterocycles. The largest absolute Gasteiger partial charge is 0.472 e. The number of benzene rings is 2. The normalized spacial score (nSPS) is 11.6. The molecule has 36 heavy (non-hydrogen) atoms. The molecule has 0 bridgehead atoms. The fourth-order valence-electron chi connectivity index (χ4n) is 4.01. The topological polar surface area (TPSA) is 69.9 Å². The summed E-state index contributed by atoms with van der Waals surface area (Å²) in [5.41, 5.74) is 5.84. The number of ether oxygens (including phenoxy) is 1. The Morgan fingerprint density at radius 1 is 0.972 bits per heavy atom. The van der Waals surface area contributed by atoms with Crippen molar-refractivity contribution >= 4 is 11.6 Å². The second-order valence-corrected chi connectivity index (χ2v) is 10.6. The highest BCUT2D eigenvalue weighted by atomic mass is 35.5. The van der Waals surface area contributed by atoms with E-state index >= 15 is 0 Å². The zero-order valence-electron chi connectivity index (χ0n) is 21.8. The zero-order valence-corrected chi connectivity index (χ0v) is 22.6. The summed E-state index contributed by atoms with van der Waals surface area (Å²) in [7, 11) is 0. The minimum atomic E-state index is -0.376. The van der Waals surface area contributed by atoms with Crippen LogP contribution in [0.3, 0.4) is 0 Å². The van der Waals surface area contributed by atoms with Crippen LogP contribution in [0.4, 0.5) is 0 Å². The van der Waals surface area contributed by atoms with E-state index in [4.69, 9.17) is 21.3 Å². The third kappa shape index (κ3) is 5.19. The summed E-state index contributed by atoms with van der Waals surface area (Å²) in [5.74, 6) is 1.38. The molecule has 7 heteroatoms. The van der Waals surface area contributed by atoms with Gasteiger partial charge in [-0.25, -0.2) is 9.97 Å². The number of rotatable bonds is 5. The number of aromatic nitrogens is 4. The lowest BCUT2D eigenvalue weighted by molar-refractivity contribution is 0.291. The first-order valence-electron chi connectivity index (χ1n) is 11.9. The Labute approximate surface area is 217 Å². The molecule has 0 amide bonds. The molecule has 2 aromatic heterocycles. The fourth-order valence-corrected chi connectivity index (χ4v) is 4.19. The van der Waals surface area contributed by atoms with Crippen LogP contribution < -0.4 is 10.3 Å². The molecular weight excluding hydrogens is 472 g/mol. The van der Waals surface area contributed by atoms with Gasteiger partial charge in [0.2, 0.25) is 5.88 Å². The summed E-state index contributed by atoms with van der Waals surface area (Å²) in [6.45, 7) is 14.3. The van der Waals surface area contributed by atoms with Crippen molar-refractivity contribution in [3.05, 3.63) is 97.9 Å². The molecule has 0 spiro atoms. The Hall–Kier alpha value is -3.51. The fraction of sp³-hybridized carbons (Fsp3) is 0.310. The standard InChI is InChI=1S/C29H31ClN4O2/c1-17-9-8-10-21(13-17)16-36-26-24(30)27(35)34(20(4)32-26)23-14-22(12-11-18(23)2)25-19(3)15-31-28(33-25)29(5,6)7/h8-15H,16H2,1-7H3. The van der Waals surface area contributed by atoms with Gasteiger partial charge in [0, 0.05) is 17.2 Å². The summed E-state index contributed by atoms with van der Waals surface area (Å²) in [6, 6.07) is 13.9. The first-order chi connectivity index (χ1) is 17.0. The van der Waals surface area contributed by atoms with Gasteiger partial charge in [-0.3, -0.25) is 9.36 Å². The van der Waals surface area contributed by atoms with Gasteiger partial charge in [0.25, 0.3) is 5.56 Å². The van der Waals surface area contributed by atoms with Gasteiger partial charge >= 0.3 is 0 Å². The summed E-state index contributed by atoms with van der Waals surface area (Å²) in [6.07, 6.45) is 1.85. The summed E-state index contributed by atoms with van der Waals surface area (Å²) < 4.78 is 7.37. The molecule has 4 rings (SSSR count). The van der Waals surface area contributed by atoms with Crippen LogP contribution in [0.2, 0.25) is 5.02 Å². The Morgan fingerprint density at radius 2 is 1.72 bits per heavy atom. The Balaban J connectivity index is 1.75. The van der Waals surface area contributed by atoms with Crippen LogP contribution >= 0.6 is 11.6 Å². The van der Waals surface area contributed by atoms with Crippen LogP contribution in [-0.4, -0.2) is 19.5 Å². The molecule has 0 fully saturated rings. The first-order valence-corrected chi connectivity index (χ1v) is 12.3. The molecule has 0 saturated carbocycles. The number of hydrogen-bond donors (Lipinski definition) is 0. The molecule has 2 aromatic carbocycles. The van der Waals surface area contributed by atoms with Crippen LogP contribution in [0.1, 0.15) is 54.7 Å². The summed E-state index contributed by atoms with van der Waals surface area (Å²) in [5, 5.41) is -0.0497. The minimum Gasteiger partial charge on any atom is -0.472 e. The van der Waals surface area contributed by atoms with E-state index in [0.29, 0.717) is 11.5 Å². The minimum absolute atomic E-state index is 0.0497. The van der Waals surface area contributed by atoms with Crippen LogP contribution in [-0.2, 0) is 12.0 Å². The molecule has 0 radical (unpaired) electrons. The van der Waals surface area contributed by atoms with E-state index in [1.54, 1.807) is 6.92 Å². The van der Waals surface area contributed by atoms with Crippen LogP contribution in [0.15, 0.2) is 53.5 Å². The smallest absolute Gasteiger partial charge is 0.280 e. The highest BCUT2D eigenvalue weighted by Crippen LogP contribution is 2.29. The van der Waals surface area contributed by atoms with E-state index in [0.717, 1.165) is 39.3 Å². The van der Waals surface area contributed by atoms with Gasteiger partial charge in [0.1, 0.15) is 18.3 Å². The molecule has 2 heterocycles. The second-order valence-electron chi connectivity index (χ2n) is 10.2. The summed E-state index contributed by atoms with van der Waals surface area (Å²) >= 11 is 6.48. The maximum atomic E-state index is 13.4. The lowest BCUT2D eigenvalue weighted by Crippen LogP contribution is -2.24. The SMILES string of the molecule is Cc1cccc(COc2nc(C)n(-c3cc(-c4nc(C(C)(C)C)ncc4C)ccc3C)c(=O)c2Cl)c1. The van der Waals surface area contributed by atoms with Gasteiger partial charge in [-0.2, -0.15) is 4.98 Å². The molecule has 0 aliphatic rings. The van der Waals surface area contributed by atoms with Crippen LogP contribution in [0.5, 0.6) is 5.88 Å². The van der Waals surface area contributed by atoms with E-state index in [2.05, 4.69) is 30.7 Å². The van der Waals surface area contributed by atoms with E-state index in [1.807, 2.05) is 69.4 Å². The highest BCUT2D eigenvalue weighted by Gasteiger charge is 2.21. The van der Waals surface area contributed by atoms with Gasteiger partial charge in [0.05, 0.1) is 11.4 Å². The molecule has 186 valence electrons. The molecule has 0 N–H and O–H groups in total. The van der Waals surface area contributed by atoms with E-state index in [1.165, 1.54) is 4.57 Å². The van der Waals surface area contributed by atoms with E-state index in [9.17, 15) is 4.79 Å². The molecule has 0 unspecified atom stereocenters. The van der Waals surface area contributed by atoms with Crippen molar-refractivity contribution < 1.29 is 4.74 Å². The number of halogens is 1. The van der Waals surface area contributed by atoms with Gasteiger partial charge in [-0.15, -0.1) is 0 Å². The maximum Gasteiger partial charge on any atom is 0.280 e. The van der Waals surface area contributed by atoms with Gasteiger partial charge < -0.3 is 4.74 Å². The Bertz CT molecular complexity index is 1500. The van der Waals surface area contributed by atoms with Gasteiger partial charge in [-0.05, 0) is 50.5 Å². The maximum absolute atomic E-state index is 13.4. The molecule has 0 atom stereocenters. The first kappa shape index (κ1) is 25.6. The van der Waals surface area contributed by atoms with Crippen LogP contribution in [0.25, 0.3) is 16.9 Å². The Kier molecular flexibility index (Phi) is 7.01. The number of nitrogens with zero attached hydrogens (tertiary/aromatic N) is 4. The van der Waals surface area contributed by atoms with Crippen LogP contribution in [0, 0.1) is 27.7 Å². The second kappa shape index (κ2) is 9.86. The predicted octanol–water partition coefficient (Wildman–Crippen LogP) is 6.45.